The van der Waals surface area contributed by atoms with E-state index in [0.29, 0.717) is 0 Å². The van der Waals surface area contributed by atoms with E-state index in [-0.39, 0.29) is 0 Å². The van der Waals surface area contributed by atoms with E-state index >= 15 is 0 Å². The predicted molar refractivity (Wildman–Crippen MR) is 122 cm³/mol. The number of hydrogen-bond donors (Lipinski definition) is 0. The predicted octanol–water partition coefficient (Wildman–Crippen LogP) is 5.78. The summed E-state index contributed by atoms with van der Waals surface area (Å²) in [4.78, 5) is 2.36. The van der Waals surface area contributed by atoms with Crippen LogP contribution >= 0.6 is 11.3 Å². The molecule has 1 heterocycles. The van der Waals surface area contributed by atoms with E-state index in [1.807, 2.05) is 11.3 Å². The van der Waals surface area contributed by atoms with Gasteiger partial charge in [-0.25, -0.2) is 0 Å². The zero-order valence-electron chi connectivity index (χ0n) is 15.1. The second-order valence-electron chi connectivity index (χ2n) is 6.76. The van der Waals surface area contributed by atoms with Crippen molar-refractivity contribution in [3.05, 3.63) is 97.1 Å². The van der Waals surface area contributed by atoms with E-state index in [1.54, 1.807) is 0 Å². The Morgan fingerprint density at radius 2 is 1.26 bits per heavy atom. The number of para-hydroxylation sites is 1. The summed E-state index contributed by atoms with van der Waals surface area (Å²) in [6.45, 7) is 0. The van der Waals surface area contributed by atoms with Gasteiger partial charge in [0.2, 0.25) is 0 Å². The third kappa shape index (κ3) is 2.81. The van der Waals surface area contributed by atoms with Crippen LogP contribution in [0.4, 0.5) is 17.1 Å². The lowest BCUT2D eigenvalue weighted by atomic mass is 9.96. The van der Waals surface area contributed by atoms with Crippen LogP contribution in [0, 0.1) is 0 Å². The highest BCUT2D eigenvalue weighted by Crippen LogP contribution is 2.44. The second kappa shape index (κ2) is 6.60. The third-order valence-electron chi connectivity index (χ3n) is 4.93. The average Bonchev–Trinajstić information content (AvgIpc) is 3.10. The Morgan fingerprint density at radius 1 is 0.593 bits per heavy atom. The van der Waals surface area contributed by atoms with Crippen molar-refractivity contribution in [2.45, 2.75) is 0 Å². The van der Waals surface area contributed by atoms with Gasteiger partial charge in [0, 0.05) is 26.8 Å². The maximum Gasteiger partial charge on any atom is 0.139 e. The lowest BCUT2D eigenvalue weighted by molar-refractivity contribution is 1.30. The van der Waals surface area contributed by atoms with Gasteiger partial charge in [-0.2, -0.15) is 0 Å². The summed E-state index contributed by atoms with van der Waals surface area (Å²) < 4.78 is 2.65. The molecule has 0 amide bonds. The summed E-state index contributed by atoms with van der Waals surface area (Å²) >= 11 is 1.87. The second-order valence-corrected chi connectivity index (χ2v) is 7.81. The summed E-state index contributed by atoms with van der Waals surface area (Å²) in [6, 6.07) is 34.7. The molecule has 0 saturated heterocycles. The molecule has 0 aliphatic heterocycles. The standard InChI is InChI=1S/C24H18BNS/c25-17-13-15-19(16-14-17)26(18-7-2-1-3-8-18)22-11-6-10-21-20-9-4-5-12-23(20)27-24(21)22/h1-16H,25H2. The molecule has 0 unspecified atom stereocenters. The third-order valence-corrected chi connectivity index (χ3v) is 6.14. The zero-order chi connectivity index (χ0) is 18.2. The van der Waals surface area contributed by atoms with Crippen LogP contribution in [-0.4, -0.2) is 7.85 Å². The molecule has 1 nitrogen and oxygen atoms in total. The molecule has 3 heteroatoms. The molecule has 0 spiro atoms. The van der Waals surface area contributed by atoms with Gasteiger partial charge in [0.25, 0.3) is 0 Å². The number of thiophene rings is 1. The van der Waals surface area contributed by atoms with Crippen molar-refractivity contribution in [2.24, 2.45) is 0 Å². The maximum absolute atomic E-state index is 2.36. The Morgan fingerprint density at radius 3 is 2.07 bits per heavy atom. The molecule has 1 aromatic heterocycles. The van der Waals surface area contributed by atoms with Gasteiger partial charge < -0.3 is 4.90 Å². The molecule has 0 bridgehead atoms. The smallest absolute Gasteiger partial charge is 0.139 e. The van der Waals surface area contributed by atoms with Crippen LogP contribution in [0.1, 0.15) is 0 Å². The van der Waals surface area contributed by atoms with Gasteiger partial charge in [0.15, 0.2) is 0 Å². The number of fused-ring (bicyclic) bond motifs is 3. The molecular formula is C24H18BNS. The summed E-state index contributed by atoms with van der Waals surface area (Å²) in [7, 11) is 2.13. The molecule has 0 fully saturated rings. The first-order valence-corrected chi connectivity index (χ1v) is 9.95. The maximum atomic E-state index is 2.36. The Hall–Kier alpha value is -3.04. The van der Waals surface area contributed by atoms with Crippen molar-refractivity contribution in [1.82, 2.24) is 0 Å². The van der Waals surface area contributed by atoms with E-state index in [0.717, 1.165) is 0 Å². The highest BCUT2D eigenvalue weighted by Gasteiger charge is 2.17. The molecule has 0 aliphatic rings. The van der Waals surface area contributed by atoms with Crippen molar-refractivity contribution in [2.75, 3.05) is 4.90 Å². The Balaban J connectivity index is 1.80. The first-order chi connectivity index (χ1) is 13.3. The number of anilines is 3. The van der Waals surface area contributed by atoms with E-state index in [1.165, 1.54) is 42.7 Å². The van der Waals surface area contributed by atoms with Gasteiger partial charge in [-0.3, -0.25) is 0 Å². The quantitative estimate of drug-likeness (QED) is 0.367. The summed E-state index contributed by atoms with van der Waals surface area (Å²) in [6.07, 6.45) is 0. The fourth-order valence-corrected chi connectivity index (χ4v) is 4.81. The minimum atomic E-state index is 1.17. The van der Waals surface area contributed by atoms with Crippen molar-refractivity contribution in [1.29, 1.82) is 0 Å². The van der Waals surface area contributed by atoms with Crippen LogP contribution in [0.15, 0.2) is 97.1 Å². The van der Waals surface area contributed by atoms with Crippen LogP contribution in [0.5, 0.6) is 0 Å². The lowest BCUT2D eigenvalue weighted by Gasteiger charge is -2.26. The van der Waals surface area contributed by atoms with Crippen molar-refractivity contribution in [3.8, 4) is 0 Å². The highest BCUT2D eigenvalue weighted by molar-refractivity contribution is 7.26. The molecular weight excluding hydrogens is 345 g/mol. The molecule has 0 atom stereocenters. The fourth-order valence-electron chi connectivity index (χ4n) is 3.61. The van der Waals surface area contributed by atoms with Crippen LogP contribution < -0.4 is 10.4 Å². The molecule has 0 radical (unpaired) electrons. The molecule has 27 heavy (non-hydrogen) atoms. The number of rotatable bonds is 3. The highest BCUT2D eigenvalue weighted by atomic mass is 32.1. The van der Waals surface area contributed by atoms with Crippen LogP contribution in [-0.2, 0) is 0 Å². The molecule has 5 aromatic rings. The van der Waals surface area contributed by atoms with Crippen LogP contribution in [0.3, 0.4) is 0 Å². The minimum Gasteiger partial charge on any atom is -0.309 e. The topological polar surface area (TPSA) is 3.24 Å². The molecule has 0 N–H and O–H groups in total. The van der Waals surface area contributed by atoms with Gasteiger partial charge in [-0.1, -0.05) is 66.1 Å². The van der Waals surface area contributed by atoms with Crippen LogP contribution in [0.25, 0.3) is 20.2 Å². The van der Waals surface area contributed by atoms with Gasteiger partial charge in [-0.15, -0.1) is 11.3 Å². The first kappa shape index (κ1) is 16.2. The average molecular weight is 363 g/mol. The van der Waals surface area contributed by atoms with Gasteiger partial charge >= 0.3 is 0 Å². The monoisotopic (exact) mass is 363 g/mol. The summed E-state index contributed by atoms with van der Waals surface area (Å²) in [5.74, 6) is 0. The molecule has 5 rings (SSSR count). The molecule has 128 valence electrons. The SMILES string of the molecule is Bc1ccc(N(c2ccccc2)c2cccc3c2sc2ccccc23)cc1. The summed E-state index contributed by atoms with van der Waals surface area (Å²) in [5.41, 5.74) is 4.85. The largest absolute Gasteiger partial charge is 0.309 e. The van der Waals surface area contributed by atoms with Crippen molar-refractivity contribution < 1.29 is 0 Å². The Bertz CT molecular complexity index is 1230. The van der Waals surface area contributed by atoms with Gasteiger partial charge in [0.05, 0.1) is 10.4 Å². The molecule has 4 aromatic carbocycles. The fraction of sp³-hybridized carbons (Fsp3) is 0. The minimum absolute atomic E-state index is 1.17. The van der Waals surface area contributed by atoms with Gasteiger partial charge in [0.1, 0.15) is 7.85 Å². The Labute approximate surface area is 163 Å². The number of nitrogens with zero attached hydrogens (tertiary/aromatic N) is 1. The van der Waals surface area contributed by atoms with Crippen LogP contribution in [0.2, 0.25) is 0 Å². The number of benzene rings is 4. The van der Waals surface area contributed by atoms with E-state index in [2.05, 4.69) is 110 Å². The first-order valence-electron chi connectivity index (χ1n) is 9.13. The van der Waals surface area contributed by atoms with Gasteiger partial charge in [-0.05, 0) is 36.4 Å². The van der Waals surface area contributed by atoms with E-state index < -0.39 is 0 Å². The Kier molecular flexibility index (Phi) is 3.95. The normalized spacial score (nSPS) is 11.1. The molecule has 0 saturated carbocycles. The van der Waals surface area contributed by atoms with E-state index in [9.17, 15) is 0 Å². The zero-order valence-corrected chi connectivity index (χ0v) is 15.9. The van der Waals surface area contributed by atoms with Crippen molar-refractivity contribution in [3.63, 3.8) is 0 Å². The number of hydrogen-bond acceptors (Lipinski definition) is 2. The summed E-state index contributed by atoms with van der Waals surface area (Å²) in [5, 5.41) is 2.65. The molecule has 0 aliphatic carbocycles. The van der Waals surface area contributed by atoms with Crippen molar-refractivity contribution >= 4 is 61.9 Å². The lowest BCUT2D eigenvalue weighted by Crippen LogP contribution is -2.11. The van der Waals surface area contributed by atoms with E-state index in [4.69, 9.17) is 0 Å².